The highest BCUT2D eigenvalue weighted by Crippen LogP contribution is 2.35. The quantitative estimate of drug-likeness (QED) is 0.602. The molecule has 3 aromatic rings. The molecule has 0 bridgehead atoms. The molecule has 1 atom stereocenters. The van der Waals surface area contributed by atoms with E-state index in [0.717, 1.165) is 22.5 Å². The van der Waals surface area contributed by atoms with Gasteiger partial charge in [-0.15, -0.1) is 0 Å². The van der Waals surface area contributed by atoms with Crippen LogP contribution in [-0.2, 0) is 4.79 Å². The molecule has 7 heteroatoms. The van der Waals surface area contributed by atoms with Crippen LogP contribution < -0.4 is 15.5 Å². The van der Waals surface area contributed by atoms with Crippen LogP contribution in [-0.4, -0.2) is 16.2 Å². The molecule has 4 rings (SSSR count). The number of carbonyl (C=O) groups excluding carboxylic acids is 1. The highest BCUT2D eigenvalue weighted by Gasteiger charge is 2.35. The second kappa shape index (κ2) is 8.12. The maximum absolute atomic E-state index is 13.4. The molecule has 30 heavy (non-hydrogen) atoms. The molecule has 2 heterocycles. The molecule has 152 valence electrons. The summed E-state index contributed by atoms with van der Waals surface area (Å²) in [6.07, 6.45) is 0. The smallest absolute Gasteiger partial charge is 0.257 e. The maximum Gasteiger partial charge on any atom is 0.257 e. The number of aryl methyl sites for hydroxylation is 2. The minimum absolute atomic E-state index is 0.259. The lowest BCUT2D eigenvalue weighted by atomic mass is 9.91. The van der Waals surface area contributed by atoms with Crippen LogP contribution in [0.15, 0.2) is 76.5 Å². The number of hydrogen-bond donors (Lipinski definition) is 2. The topological polar surface area (TPSA) is 70.4 Å². The largest absolute Gasteiger partial charge is 0.360 e. The minimum atomic E-state index is -0.383. The van der Waals surface area contributed by atoms with Crippen molar-refractivity contribution in [3.05, 3.63) is 88.8 Å². The summed E-state index contributed by atoms with van der Waals surface area (Å²) in [7, 11) is 0. The van der Waals surface area contributed by atoms with Gasteiger partial charge >= 0.3 is 0 Å². The fraction of sp³-hybridized carbons (Fsp3) is 0.174. The Morgan fingerprint density at radius 2 is 1.80 bits per heavy atom. The van der Waals surface area contributed by atoms with Gasteiger partial charge < -0.3 is 15.2 Å². The second-order valence-electron chi connectivity index (χ2n) is 7.19. The van der Waals surface area contributed by atoms with E-state index in [2.05, 4.69) is 15.8 Å². The number of allylic oxidation sites excluding steroid dienone is 1. The summed E-state index contributed by atoms with van der Waals surface area (Å²) in [5.41, 5.74) is 4.28. The van der Waals surface area contributed by atoms with Crippen molar-refractivity contribution in [1.82, 2.24) is 10.5 Å². The van der Waals surface area contributed by atoms with Gasteiger partial charge in [0.2, 0.25) is 0 Å². The predicted octanol–water partition coefficient (Wildman–Crippen LogP) is 4.64. The first-order valence-corrected chi connectivity index (χ1v) is 10.0. The molecule has 1 aliphatic rings. The molecule has 0 saturated heterocycles. The Kier molecular flexibility index (Phi) is 5.37. The Balaban J connectivity index is 1.82. The van der Waals surface area contributed by atoms with E-state index in [-0.39, 0.29) is 11.9 Å². The lowest BCUT2D eigenvalue weighted by Gasteiger charge is -2.38. The summed E-state index contributed by atoms with van der Waals surface area (Å²) in [4.78, 5) is 15.3. The van der Waals surface area contributed by atoms with Gasteiger partial charge in [0.1, 0.15) is 5.76 Å². The second-order valence-corrected chi connectivity index (χ2v) is 7.57. The van der Waals surface area contributed by atoms with Gasteiger partial charge in [0.05, 0.1) is 11.6 Å². The van der Waals surface area contributed by atoms with E-state index in [4.69, 9.17) is 16.7 Å². The molecule has 6 nitrogen and oxygen atoms in total. The number of nitrogens with zero attached hydrogens (tertiary/aromatic N) is 2. The number of benzene rings is 2. The molecular formula is C23H22N4O2S. The van der Waals surface area contributed by atoms with Gasteiger partial charge in [-0.1, -0.05) is 47.6 Å². The third-order valence-corrected chi connectivity index (χ3v) is 5.41. The lowest BCUT2D eigenvalue weighted by molar-refractivity contribution is -0.113. The van der Waals surface area contributed by atoms with E-state index >= 15 is 0 Å². The van der Waals surface area contributed by atoms with Crippen LogP contribution in [0.5, 0.6) is 0 Å². The molecule has 1 aliphatic heterocycles. The predicted molar refractivity (Wildman–Crippen MR) is 121 cm³/mol. The number of nitrogens with one attached hydrogen (secondary N) is 2. The van der Waals surface area contributed by atoms with Crippen LogP contribution >= 0.6 is 12.2 Å². The first-order chi connectivity index (χ1) is 14.5. The van der Waals surface area contributed by atoms with Gasteiger partial charge in [0.25, 0.3) is 5.91 Å². The molecule has 0 unspecified atom stereocenters. The summed E-state index contributed by atoms with van der Waals surface area (Å²) >= 11 is 5.70. The van der Waals surface area contributed by atoms with Gasteiger partial charge in [0, 0.05) is 17.5 Å². The van der Waals surface area contributed by atoms with Gasteiger partial charge in [0.15, 0.2) is 10.9 Å². The Morgan fingerprint density at radius 3 is 2.47 bits per heavy atom. The van der Waals surface area contributed by atoms with Crippen LogP contribution in [0.3, 0.4) is 0 Å². The number of thiocarbonyl (C=S) groups is 1. The Hall–Kier alpha value is -3.45. The van der Waals surface area contributed by atoms with Crippen molar-refractivity contribution in [2.45, 2.75) is 26.8 Å². The molecule has 1 aromatic heterocycles. The van der Waals surface area contributed by atoms with Gasteiger partial charge in [-0.3, -0.25) is 9.69 Å². The summed E-state index contributed by atoms with van der Waals surface area (Å²) in [6, 6.07) is 19.0. The normalized spacial score (nSPS) is 16.4. The van der Waals surface area contributed by atoms with E-state index in [1.54, 1.807) is 13.0 Å². The summed E-state index contributed by atoms with van der Waals surface area (Å²) in [5, 5.41) is 10.7. The van der Waals surface area contributed by atoms with Crippen molar-refractivity contribution in [3.63, 3.8) is 0 Å². The molecule has 0 radical (unpaired) electrons. The third kappa shape index (κ3) is 3.71. The molecular weight excluding hydrogens is 396 g/mol. The van der Waals surface area contributed by atoms with E-state index in [0.29, 0.717) is 22.3 Å². The van der Waals surface area contributed by atoms with Gasteiger partial charge in [-0.05, 0) is 56.2 Å². The number of amides is 1. The van der Waals surface area contributed by atoms with Crippen LogP contribution in [0.4, 0.5) is 11.5 Å². The van der Waals surface area contributed by atoms with Crippen LogP contribution in [0.2, 0.25) is 0 Å². The molecule has 1 amide bonds. The number of rotatable bonds is 4. The van der Waals surface area contributed by atoms with Gasteiger partial charge in [-0.25, -0.2) is 0 Å². The van der Waals surface area contributed by atoms with Crippen molar-refractivity contribution < 1.29 is 9.32 Å². The Labute approximate surface area is 180 Å². The first-order valence-electron chi connectivity index (χ1n) is 9.62. The number of hydrogen-bond acceptors (Lipinski definition) is 4. The average molecular weight is 419 g/mol. The van der Waals surface area contributed by atoms with Gasteiger partial charge in [-0.2, -0.15) is 0 Å². The minimum Gasteiger partial charge on any atom is -0.360 e. The van der Waals surface area contributed by atoms with E-state index < -0.39 is 0 Å². The molecule has 0 aliphatic carbocycles. The Morgan fingerprint density at radius 1 is 1.10 bits per heavy atom. The first kappa shape index (κ1) is 19.8. The number of anilines is 2. The molecule has 0 fully saturated rings. The zero-order chi connectivity index (χ0) is 21.3. The molecule has 0 saturated carbocycles. The standard InChI is InChI=1S/C23H22N4O2S/c1-14-9-7-8-12-18(14)21-20(22(28)24-19-13-15(2)29-26-19)16(3)27(23(30)25-21)17-10-5-4-6-11-17/h4-13,21H,1-3H3,(H,25,30)(H,24,26,28)/t21-/m1/s1. The van der Waals surface area contributed by atoms with E-state index in [9.17, 15) is 4.79 Å². The summed E-state index contributed by atoms with van der Waals surface area (Å²) < 4.78 is 5.09. The van der Waals surface area contributed by atoms with Crippen molar-refractivity contribution in [2.75, 3.05) is 10.2 Å². The Bertz CT molecular complexity index is 1140. The van der Waals surface area contributed by atoms with Crippen LogP contribution in [0.25, 0.3) is 0 Å². The maximum atomic E-state index is 13.4. The van der Waals surface area contributed by atoms with Crippen LogP contribution in [0, 0.1) is 13.8 Å². The molecule has 0 spiro atoms. The van der Waals surface area contributed by atoms with E-state index in [1.165, 1.54) is 0 Å². The average Bonchev–Trinajstić information content (AvgIpc) is 3.13. The number of para-hydroxylation sites is 1. The van der Waals surface area contributed by atoms with Crippen molar-refractivity contribution in [1.29, 1.82) is 0 Å². The zero-order valence-corrected chi connectivity index (χ0v) is 17.8. The monoisotopic (exact) mass is 418 g/mol. The fourth-order valence-corrected chi connectivity index (χ4v) is 4.04. The number of carbonyl (C=O) groups is 1. The van der Waals surface area contributed by atoms with E-state index in [1.807, 2.05) is 73.3 Å². The van der Waals surface area contributed by atoms with Crippen molar-refractivity contribution in [3.8, 4) is 0 Å². The SMILES string of the molecule is CC1=C(C(=O)Nc2cc(C)on2)[C@@H](c2ccccc2C)NC(=S)N1c1ccccc1. The third-order valence-electron chi connectivity index (χ3n) is 5.11. The molecule has 2 N–H and O–H groups in total. The zero-order valence-electron chi connectivity index (χ0n) is 17.0. The summed E-state index contributed by atoms with van der Waals surface area (Å²) in [6.45, 7) is 5.71. The highest BCUT2D eigenvalue weighted by molar-refractivity contribution is 7.80. The fourth-order valence-electron chi connectivity index (χ4n) is 3.68. The summed E-state index contributed by atoms with van der Waals surface area (Å²) in [5.74, 6) is 0.742. The van der Waals surface area contributed by atoms with Crippen LogP contribution in [0.1, 0.15) is 29.9 Å². The van der Waals surface area contributed by atoms with Crippen molar-refractivity contribution >= 4 is 34.7 Å². The number of aromatic nitrogens is 1. The molecule has 2 aromatic carbocycles. The highest BCUT2D eigenvalue weighted by atomic mass is 32.1. The lowest BCUT2D eigenvalue weighted by Crippen LogP contribution is -2.48. The van der Waals surface area contributed by atoms with Crippen molar-refractivity contribution in [2.24, 2.45) is 0 Å².